The molecule has 0 saturated carbocycles. The number of likely N-dealkylation sites (tertiary alicyclic amines) is 1. The molecule has 0 aromatic heterocycles. The Labute approximate surface area is 89.4 Å². The highest BCUT2D eigenvalue weighted by Crippen LogP contribution is 2.15. The van der Waals surface area contributed by atoms with Gasteiger partial charge < -0.3 is 15.3 Å². The maximum atomic E-state index is 11.1. The van der Waals surface area contributed by atoms with Crippen molar-refractivity contribution in [3.05, 3.63) is 0 Å². The molecule has 5 nitrogen and oxygen atoms in total. The van der Waals surface area contributed by atoms with Gasteiger partial charge in [-0.05, 0) is 18.8 Å². The molecule has 0 spiro atoms. The molecular formula is C10H18N2O3. The SMILES string of the molecule is CC(=O)N1CCC[C@@H](CNCC(=O)O)C1. The number of carbonyl (C=O) groups excluding carboxylic acids is 1. The summed E-state index contributed by atoms with van der Waals surface area (Å²) in [6.07, 6.45) is 2.08. The zero-order chi connectivity index (χ0) is 11.3. The van der Waals surface area contributed by atoms with Gasteiger partial charge in [-0.25, -0.2) is 0 Å². The highest BCUT2D eigenvalue weighted by atomic mass is 16.4. The molecule has 1 aliphatic heterocycles. The number of carboxylic acids is 1. The summed E-state index contributed by atoms with van der Waals surface area (Å²) in [6, 6.07) is 0. The highest BCUT2D eigenvalue weighted by Gasteiger charge is 2.21. The van der Waals surface area contributed by atoms with E-state index in [9.17, 15) is 9.59 Å². The smallest absolute Gasteiger partial charge is 0.317 e. The second-order valence-corrected chi connectivity index (χ2v) is 4.00. The zero-order valence-electron chi connectivity index (χ0n) is 9.03. The van der Waals surface area contributed by atoms with Crippen molar-refractivity contribution in [3.63, 3.8) is 0 Å². The number of rotatable bonds is 4. The van der Waals surface area contributed by atoms with Gasteiger partial charge in [-0.1, -0.05) is 0 Å². The summed E-state index contributed by atoms with van der Waals surface area (Å²) in [5.41, 5.74) is 0. The molecule has 0 aromatic rings. The average Bonchev–Trinajstić information content (AvgIpc) is 2.17. The summed E-state index contributed by atoms with van der Waals surface area (Å²) in [7, 11) is 0. The fourth-order valence-corrected chi connectivity index (χ4v) is 1.90. The first-order chi connectivity index (χ1) is 7.09. The van der Waals surface area contributed by atoms with Gasteiger partial charge in [0, 0.05) is 26.6 Å². The molecule has 15 heavy (non-hydrogen) atoms. The van der Waals surface area contributed by atoms with Crippen molar-refractivity contribution < 1.29 is 14.7 Å². The average molecular weight is 214 g/mol. The van der Waals surface area contributed by atoms with Crippen LogP contribution < -0.4 is 5.32 Å². The molecule has 0 aliphatic carbocycles. The second-order valence-electron chi connectivity index (χ2n) is 4.00. The molecule has 1 fully saturated rings. The van der Waals surface area contributed by atoms with Crippen molar-refractivity contribution in [3.8, 4) is 0 Å². The van der Waals surface area contributed by atoms with E-state index in [0.29, 0.717) is 12.5 Å². The topological polar surface area (TPSA) is 69.6 Å². The summed E-state index contributed by atoms with van der Waals surface area (Å²) < 4.78 is 0. The largest absolute Gasteiger partial charge is 0.480 e. The van der Waals surface area contributed by atoms with Gasteiger partial charge >= 0.3 is 5.97 Å². The van der Waals surface area contributed by atoms with Gasteiger partial charge in [-0.2, -0.15) is 0 Å². The van der Waals surface area contributed by atoms with Crippen molar-refractivity contribution in [2.75, 3.05) is 26.2 Å². The van der Waals surface area contributed by atoms with Crippen LogP contribution in [0.15, 0.2) is 0 Å². The normalized spacial score (nSPS) is 21.4. The monoisotopic (exact) mass is 214 g/mol. The molecule has 0 radical (unpaired) electrons. The minimum absolute atomic E-state index is 0.00340. The Hall–Kier alpha value is -1.10. The van der Waals surface area contributed by atoms with Crippen LogP contribution in [0, 0.1) is 5.92 Å². The van der Waals surface area contributed by atoms with E-state index in [0.717, 1.165) is 25.9 Å². The van der Waals surface area contributed by atoms with Crippen molar-refractivity contribution in [1.29, 1.82) is 0 Å². The van der Waals surface area contributed by atoms with Crippen LogP contribution in [0.4, 0.5) is 0 Å². The third-order valence-electron chi connectivity index (χ3n) is 2.67. The molecule has 1 amide bonds. The molecule has 1 heterocycles. The van der Waals surface area contributed by atoms with Gasteiger partial charge in [0.25, 0.3) is 0 Å². The molecular weight excluding hydrogens is 196 g/mol. The lowest BCUT2D eigenvalue weighted by Crippen LogP contribution is -2.42. The lowest BCUT2D eigenvalue weighted by Gasteiger charge is -2.32. The molecule has 1 saturated heterocycles. The summed E-state index contributed by atoms with van der Waals surface area (Å²) in [4.78, 5) is 23.3. The summed E-state index contributed by atoms with van der Waals surface area (Å²) in [5.74, 6) is -0.339. The van der Waals surface area contributed by atoms with E-state index in [1.807, 2.05) is 4.90 Å². The number of hydrogen-bond donors (Lipinski definition) is 2. The molecule has 1 atom stereocenters. The predicted octanol–water partition coefficient (Wildman–Crippen LogP) is -0.0809. The van der Waals surface area contributed by atoms with Crippen LogP contribution in [0.5, 0.6) is 0 Å². The number of nitrogens with zero attached hydrogens (tertiary/aromatic N) is 1. The molecule has 1 aliphatic rings. The van der Waals surface area contributed by atoms with Gasteiger partial charge in [-0.15, -0.1) is 0 Å². The van der Waals surface area contributed by atoms with Crippen LogP contribution in [0.2, 0.25) is 0 Å². The van der Waals surface area contributed by atoms with E-state index in [4.69, 9.17) is 5.11 Å². The van der Waals surface area contributed by atoms with Gasteiger partial charge in [-0.3, -0.25) is 9.59 Å². The maximum absolute atomic E-state index is 11.1. The third kappa shape index (κ3) is 4.29. The number of aliphatic carboxylic acids is 1. The van der Waals surface area contributed by atoms with Crippen LogP contribution in [-0.2, 0) is 9.59 Å². The van der Waals surface area contributed by atoms with Crippen LogP contribution in [-0.4, -0.2) is 48.1 Å². The lowest BCUT2D eigenvalue weighted by molar-refractivity contribution is -0.136. The first-order valence-electron chi connectivity index (χ1n) is 5.27. The fourth-order valence-electron chi connectivity index (χ4n) is 1.90. The van der Waals surface area contributed by atoms with E-state index < -0.39 is 5.97 Å². The first-order valence-corrected chi connectivity index (χ1v) is 5.27. The zero-order valence-corrected chi connectivity index (χ0v) is 9.03. The molecule has 0 bridgehead atoms. The second kappa shape index (κ2) is 5.70. The molecule has 86 valence electrons. The number of nitrogens with one attached hydrogen (secondary N) is 1. The maximum Gasteiger partial charge on any atom is 0.317 e. The first kappa shape index (κ1) is 12.0. The molecule has 0 unspecified atom stereocenters. The number of amides is 1. The van der Waals surface area contributed by atoms with Gasteiger partial charge in [0.1, 0.15) is 0 Å². The summed E-state index contributed by atoms with van der Waals surface area (Å²) in [6.45, 7) is 3.84. The fraction of sp³-hybridized carbons (Fsp3) is 0.800. The number of piperidine rings is 1. The quantitative estimate of drug-likeness (QED) is 0.686. The van der Waals surface area contributed by atoms with Gasteiger partial charge in [0.05, 0.1) is 6.54 Å². The van der Waals surface area contributed by atoms with E-state index >= 15 is 0 Å². The standard InChI is InChI=1S/C10H18N2O3/c1-8(13)12-4-2-3-9(7-12)5-11-6-10(14)15/h9,11H,2-7H2,1H3,(H,14,15)/t9-/m0/s1. The minimum atomic E-state index is -0.839. The van der Waals surface area contributed by atoms with Gasteiger partial charge in [0.15, 0.2) is 0 Å². The van der Waals surface area contributed by atoms with E-state index in [1.165, 1.54) is 0 Å². The van der Waals surface area contributed by atoms with E-state index in [1.54, 1.807) is 6.92 Å². The Morgan fingerprint density at radius 3 is 2.87 bits per heavy atom. The molecule has 5 heteroatoms. The molecule has 0 aromatic carbocycles. The minimum Gasteiger partial charge on any atom is -0.480 e. The lowest BCUT2D eigenvalue weighted by atomic mass is 9.98. The van der Waals surface area contributed by atoms with E-state index in [2.05, 4.69) is 5.32 Å². The molecule has 2 N–H and O–H groups in total. The van der Waals surface area contributed by atoms with Crippen LogP contribution >= 0.6 is 0 Å². The number of carboxylic acid groups (broad SMARTS) is 1. The van der Waals surface area contributed by atoms with Crippen molar-refractivity contribution in [2.24, 2.45) is 5.92 Å². The predicted molar refractivity (Wildman–Crippen MR) is 55.5 cm³/mol. The number of carbonyl (C=O) groups is 2. The Morgan fingerprint density at radius 2 is 2.27 bits per heavy atom. The summed E-state index contributed by atoms with van der Waals surface area (Å²) >= 11 is 0. The van der Waals surface area contributed by atoms with Gasteiger partial charge in [0.2, 0.25) is 5.91 Å². The Morgan fingerprint density at radius 1 is 1.53 bits per heavy atom. The number of hydrogen-bond acceptors (Lipinski definition) is 3. The Balaban J connectivity index is 2.24. The van der Waals surface area contributed by atoms with Crippen LogP contribution in [0.3, 0.4) is 0 Å². The molecule has 1 rings (SSSR count). The Bertz CT molecular complexity index is 243. The Kier molecular flexibility index (Phi) is 4.55. The third-order valence-corrected chi connectivity index (χ3v) is 2.67. The van der Waals surface area contributed by atoms with E-state index in [-0.39, 0.29) is 12.5 Å². The summed E-state index contributed by atoms with van der Waals surface area (Å²) in [5, 5.41) is 11.3. The van der Waals surface area contributed by atoms with Crippen LogP contribution in [0.25, 0.3) is 0 Å². The van der Waals surface area contributed by atoms with Crippen LogP contribution in [0.1, 0.15) is 19.8 Å². The van der Waals surface area contributed by atoms with Crippen molar-refractivity contribution >= 4 is 11.9 Å². The highest BCUT2D eigenvalue weighted by molar-refractivity contribution is 5.73. The van der Waals surface area contributed by atoms with Crippen molar-refractivity contribution in [2.45, 2.75) is 19.8 Å². The van der Waals surface area contributed by atoms with Crippen molar-refractivity contribution in [1.82, 2.24) is 10.2 Å².